The van der Waals surface area contributed by atoms with E-state index in [1.165, 1.54) is 12.1 Å². The average Bonchev–Trinajstić information content (AvgIpc) is 2.57. The number of rotatable bonds is 3. The molecule has 0 aliphatic carbocycles. The third-order valence-electron chi connectivity index (χ3n) is 2.30. The van der Waals surface area contributed by atoms with Gasteiger partial charge < -0.3 is 4.74 Å². The van der Waals surface area contributed by atoms with Gasteiger partial charge in [-0.1, -0.05) is 46.4 Å². The fourth-order valence-corrected chi connectivity index (χ4v) is 2.71. The van der Waals surface area contributed by atoms with Crippen molar-refractivity contribution in [3.05, 3.63) is 42.6 Å². The molecule has 0 radical (unpaired) electrons. The van der Waals surface area contributed by atoms with Gasteiger partial charge in [-0.25, -0.2) is 4.68 Å². The number of halogens is 4. The van der Waals surface area contributed by atoms with Gasteiger partial charge in [-0.2, -0.15) is 0 Å². The minimum absolute atomic E-state index is 0.0658. The summed E-state index contributed by atoms with van der Waals surface area (Å²) in [6.45, 7) is 2.13. The molecule has 19 heavy (non-hydrogen) atoms. The molecule has 0 saturated heterocycles. The third-order valence-corrected chi connectivity index (χ3v) is 3.43. The maximum Gasteiger partial charge on any atom is 0.294 e. The molecular weight excluding hydrogens is 334 g/mol. The Balaban J connectivity index is 2.66. The van der Waals surface area contributed by atoms with E-state index >= 15 is 0 Å². The van der Waals surface area contributed by atoms with Crippen LogP contribution >= 0.6 is 46.4 Å². The molecule has 0 bridgehead atoms. The monoisotopic (exact) mass is 340 g/mol. The highest BCUT2D eigenvalue weighted by Gasteiger charge is 2.18. The molecular formula is C11H8Cl4N2O2. The summed E-state index contributed by atoms with van der Waals surface area (Å²) >= 11 is 23.8. The second-order valence-electron chi connectivity index (χ2n) is 3.55. The molecule has 0 spiro atoms. The van der Waals surface area contributed by atoms with Gasteiger partial charge in [0.05, 0.1) is 16.7 Å². The first-order valence-electron chi connectivity index (χ1n) is 5.24. The van der Waals surface area contributed by atoms with Crippen molar-refractivity contribution in [3.63, 3.8) is 0 Å². The third kappa shape index (κ3) is 2.72. The lowest BCUT2D eigenvalue weighted by Crippen LogP contribution is -2.15. The Hall–Kier alpha value is -0.810. The first-order chi connectivity index (χ1) is 8.95. The molecule has 0 aliphatic rings. The van der Waals surface area contributed by atoms with Gasteiger partial charge in [0.2, 0.25) is 5.88 Å². The van der Waals surface area contributed by atoms with Crippen molar-refractivity contribution in [2.24, 2.45) is 0 Å². The lowest BCUT2D eigenvalue weighted by molar-refractivity contribution is 0.324. The maximum absolute atomic E-state index is 12.0. The Morgan fingerprint density at radius 3 is 2.32 bits per heavy atom. The number of nitrogens with one attached hydrogen (secondary N) is 1. The second-order valence-corrected chi connectivity index (χ2v) is 5.18. The molecule has 1 heterocycles. The Kier molecular flexibility index (Phi) is 4.36. The van der Waals surface area contributed by atoms with E-state index in [0.717, 1.165) is 4.68 Å². The fourth-order valence-electron chi connectivity index (χ4n) is 1.54. The molecule has 0 atom stereocenters. The van der Waals surface area contributed by atoms with Gasteiger partial charge in [-0.05, 0) is 19.1 Å². The Morgan fingerprint density at radius 2 is 1.79 bits per heavy atom. The first kappa shape index (κ1) is 14.6. The molecule has 0 saturated carbocycles. The van der Waals surface area contributed by atoms with E-state index in [1.54, 1.807) is 6.92 Å². The number of benzene rings is 1. The van der Waals surface area contributed by atoms with Crippen LogP contribution in [-0.2, 0) is 0 Å². The lowest BCUT2D eigenvalue weighted by Gasteiger charge is -2.07. The number of H-pyrrole nitrogens is 1. The zero-order valence-electron chi connectivity index (χ0n) is 9.64. The minimum atomic E-state index is -0.503. The first-order valence-corrected chi connectivity index (χ1v) is 6.75. The number of hydrogen-bond donors (Lipinski definition) is 1. The van der Waals surface area contributed by atoms with Crippen molar-refractivity contribution in [2.45, 2.75) is 6.92 Å². The van der Waals surface area contributed by atoms with Crippen molar-refractivity contribution < 1.29 is 4.74 Å². The summed E-state index contributed by atoms with van der Waals surface area (Å²) in [6, 6.07) is 2.96. The van der Waals surface area contributed by atoms with Crippen LogP contribution in [-0.4, -0.2) is 16.4 Å². The molecule has 0 unspecified atom stereocenters. The molecule has 1 aromatic carbocycles. The largest absolute Gasteiger partial charge is 0.477 e. The molecule has 1 N–H and O–H groups in total. The Morgan fingerprint density at radius 1 is 1.21 bits per heavy atom. The molecule has 0 fully saturated rings. The van der Waals surface area contributed by atoms with Gasteiger partial charge >= 0.3 is 0 Å². The van der Waals surface area contributed by atoms with Gasteiger partial charge in [0, 0.05) is 5.02 Å². The quantitative estimate of drug-likeness (QED) is 0.910. The smallest absolute Gasteiger partial charge is 0.294 e. The standard InChI is InChI=1S/C11H8Cl4N2O2/c1-2-19-10-8(15)11(18)17(16-10)9-6(13)3-5(12)4-7(9)14/h3-4,16H,2H2,1H3. The second kappa shape index (κ2) is 5.67. The SMILES string of the molecule is CCOc1[nH]n(-c2c(Cl)cc(Cl)cc2Cl)c(=O)c1Cl. The maximum atomic E-state index is 12.0. The number of aromatic amines is 1. The highest BCUT2D eigenvalue weighted by Crippen LogP contribution is 2.32. The molecule has 8 heteroatoms. The van der Waals surface area contributed by atoms with Crippen LogP contribution in [0, 0.1) is 0 Å². The van der Waals surface area contributed by atoms with Gasteiger partial charge in [0.25, 0.3) is 5.56 Å². The van der Waals surface area contributed by atoms with Crippen LogP contribution in [0.4, 0.5) is 0 Å². The molecule has 1 aromatic heterocycles. The molecule has 0 aliphatic heterocycles. The van der Waals surface area contributed by atoms with Crippen molar-refractivity contribution in [1.29, 1.82) is 0 Å². The average molecular weight is 342 g/mol. The summed E-state index contributed by atoms with van der Waals surface area (Å²) in [6.07, 6.45) is 0. The number of nitrogens with zero attached hydrogens (tertiary/aromatic N) is 1. The zero-order chi connectivity index (χ0) is 14.2. The van der Waals surface area contributed by atoms with Gasteiger partial charge in [-0.15, -0.1) is 0 Å². The Labute approximate surface area is 128 Å². The van der Waals surface area contributed by atoms with E-state index in [2.05, 4.69) is 5.10 Å². The fraction of sp³-hybridized carbons (Fsp3) is 0.182. The van der Waals surface area contributed by atoms with Crippen molar-refractivity contribution >= 4 is 46.4 Å². The van der Waals surface area contributed by atoms with Crippen LogP contribution in [0.25, 0.3) is 5.69 Å². The number of aromatic nitrogens is 2. The van der Waals surface area contributed by atoms with Crippen LogP contribution < -0.4 is 10.3 Å². The van der Waals surface area contributed by atoms with Crippen molar-refractivity contribution in [1.82, 2.24) is 9.78 Å². The predicted molar refractivity (Wildman–Crippen MR) is 77.6 cm³/mol. The van der Waals surface area contributed by atoms with Gasteiger partial charge in [0.1, 0.15) is 5.69 Å². The van der Waals surface area contributed by atoms with E-state index in [-0.39, 0.29) is 26.6 Å². The molecule has 102 valence electrons. The van der Waals surface area contributed by atoms with E-state index < -0.39 is 5.56 Å². The van der Waals surface area contributed by atoms with Crippen molar-refractivity contribution in [2.75, 3.05) is 6.61 Å². The summed E-state index contributed by atoms with van der Waals surface area (Å²) in [5.41, 5.74) is -0.234. The van der Waals surface area contributed by atoms with Crippen molar-refractivity contribution in [3.8, 4) is 11.6 Å². The zero-order valence-corrected chi connectivity index (χ0v) is 12.7. The van der Waals surface area contributed by atoms with Gasteiger partial charge in [0.15, 0.2) is 5.02 Å². The van der Waals surface area contributed by atoms with Crippen LogP contribution in [0.3, 0.4) is 0 Å². The molecule has 0 amide bonds. The summed E-state index contributed by atoms with van der Waals surface area (Å²) in [7, 11) is 0. The van der Waals surface area contributed by atoms with Crippen LogP contribution in [0.1, 0.15) is 6.92 Å². The van der Waals surface area contributed by atoms with Crippen LogP contribution in [0.2, 0.25) is 20.1 Å². The summed E-state index contributed by atoms with van der Waals surface area (Å²) in [5.74, 6) is 0.163. The minimum Gasteiger partial charge on any atom is -0.477 e. The van der Waals surface area contributed by atoms with Crippen LogP contribution in [0.5, 0.6) is 5.88 Å². The highest BCUT2D eigenvalue weighted by atomic mass is 35.5. The topological polar surface area (TPSA) is 47.0 Å². The number of ether oxygens (including phenoxy) is 1. The van der Waals surface area contributed by atoms with Gasteiger partial charge in [-0.3, -0.25) is 9.89 Å². The molecule has 2 aromatic rings. The molecule has 4 nitrogen and oxygen atoms in total. The van der Waals surface area contributed by atoms with E-state index in [4.69, 9.17) is 51.1 Å². The summed E-state index contributed by atoms with van der Waals surface area (Å²) in [4.78, 5) is 12.0. The van der Waals surface area contributed by atoms with Crippen LogP contribution in [0.15, 0.2) is 16.9 Å². The normalized spacial score (nSPS) is 10.8. The predicted octanol–water partition coefficient (Wildman–Crippen LogP) is 4.18. The van der Waals surface area contributed by atoms with E-state index in [9.17, 15) is 4.79 Å². The highest BCUT2D eigenvalue weighted by molar-refractivity contribution is 6.40. The molecule has 2 rings (SSSR count). The Bertz CT molecular complexity index is 655. The van der Waals surface area contributed by atoms with E-state index in [1.807, 2.05) is 0 Å². The van der Waals surface area contributed by atoms with E-state index in [0.29, 0.717) is 11.6 Å². The number of hydrogen-bond acceptors (Lipinski definition) is 2. The summed E-state index contributed by atoms with van der Waals surface area (Å²) in [5, 5.41) is 3.46. The summed E-state index contributed by atoms with van der Waals surface area (Å²) < 4.78 is 6.32. The lowest BCUT2D eigenvalue weighted by atomic mass is 10.3.